The second-order valence-electron chi connectivity index (χ2n) is 7.24. The lowest BCUT2D eigenvalue weighted by atomic mass is 10.2. The molecule has 0 unspecified atom stereocenters. The third-order valence-electron chi connectivity index (χ3n) is 5.18. The van der Waals surface area contributed by atoms with Gasteiger partial charge in [-0.15, -0.1) is 0 Å². The van der Waals surface area contributed by atoms with Crippen LogP contribution in [0.3, 0.4) is 0 Å². The van der Waals surface area contributed by atoms with Crippen LogP contribution in [0, 0.1) is 6.92 Å². The van der Waals surface area contributed by atoms with Crippen molar-refractivity contribution in [2.45, 2.75) is 33.6 Å². The van der Waals surface area contributed by atoms with E-state index in [2.05, 4.69) is 56.2 Å². The molecule has 1 aliphatic rings. The van der Waals surface area contributed by atoms with Gasteiger partial charge in [0, 0.05) is 63.4 Å². The van der Waals surface area contributed by atoms with Crippen LogP contribution in [0.2, 0.25) is 0 Å². The summed E-state index contributed by atoms with van der Waals surface area (Å²) in [5, 5.41) is 13.2. The summed E-state index contributed by atoms with van der Waals surface area (Å²) >= 11 is 3.38. The Bertz CT molecular complexity index is 982. The molecule has 0 radical (unpaired) electrons. The quantitative estimate of drug-likeness (QED) is 0.560. The Morgan fingerprint density at radius 2 is 1.90 bits per heavy atom. The maximum atomic E-state index is 12.8. The van der Waals surface area contributed by atoms with Crippen molar-refractivity contribution in [2.75, 3.05) is 26.2 Å². The zero-order valence-corrected chi connectivity index (χ0v) is 18.3. The van der Waals surface area contributed by atoms with Crippen molar-refractivity contribution in [3.8, 4) is 0 Å². The summed E-state index contributed by atoms with van der Waals surface area (Å²) in [7, 11) is 0. The molecule has 4 rings (SSSR count). The monoisotopic (exact) mass is 460 g/mol. The van der Waals surface area contributed by atoms with E-state index in [9.17, 15) is 4.79 Å². The number of hydrogen-bond acceptors (Lipinski definition) is 5. The van der Waals surface area contributed by atoms with Crippen LogP contribution in [-0.2, 0) is 19.8 Å². The fraction of sp³-hybridized carbons (Fsp3) is 0.474. The number of halogens is 1. The van der Waals surface area contributed by atoms with Crippen LogP contribution in [-0.4, -0.2) is 71.2 Å². The Balaban J connectivity index is 1.31. The first-order valence-electron chi connectivity index (χ1n) is 9.78. The van der Waals surface area contributed by atoms with Gasteiger partial charge < -0.3 is 4.90 Å². The minimum absolute atomic E-state index is 0.0139. The van der Waals surface area contributed by atoms with Crippen LogP contribution >= 0.6 is 15.9 Å². The maximum Gasteiger partial charge on any atom is 0.274 e. The van der Waals surface area contributed by atoms with E-state index < -0.39 is 0 Å². The fourth-order valence-corrected chi connectivity index (χ4v) is 3.83. The second kappa shape index (κ2) is 8.50. The van der Waals surface area contributed by atoms with E-state index >= 15 is 0 Å². The van der Waals surface area contributed by atoms with Gasteiger partial charge in [0.15, 0.2) is 0 Å². The number of aryl methyl sites for hydroxylation is 2. The first-order valence-corrected chi connectivity index (χ1v) is 10.6. The number of hydrogen-bond donors (Lipinski definition) is 0. The van der Waals surface area contributed by atoms with E-state index in [1.165, 1.54) is 5.56 Å². The average molecular weight is 461 g/mol. The van der Waals surface area contributed by atoms with E-state index in [0.717, 1.165) is 36.3 Å². The molecule has 154 valence electrons. The van der Waals surface area contributed by atoms with Crippen molar-refractivity contribution in [2.24, 2.45) is 0 Å². The molecule has 3 aromatic heterocycles. The number of carbonyl (C=O) groups is 1. The minimum atomic E-state index is -0.0139. The predicted octanol–water partition coefficient (Wildman–Crippen LogP) is 1.83. The topological polar surface area (TPSA) is 77.0 Å². The highest BCUT2D eigenvalue weighted by Gasteiger charge is 2.24. The highest BCUT2D eigenvalue weighted by Crippen LogP contribution is 2.13. The molecule has 0 aromatic carbocycles. The number of rotatable bonds is 6. The zero-order chi connectivity index (χ0) is 20.4. The van der Waals surface area contributed by atoms with Gasteiger partial charge in [-0.2, -0.15) is 15.3 Å². The summed E-state index contributed by atoms with van der Waals surface area (Å²) < 4.78 is 6.36. The molecular formula is C19H25BrN8O. The summed E-state index contributed by atoms with van der Waals surface area (Å²) in [6, 6.07) is 1.77. The van der Waals surface area contributed by atoms with Crippen molar-refractivity contribution in [1.82, 2.24) is 39.1 Å². The van der Waals surface area contributed by atoms with Crippen LogP contribution < -0.4 is 0 Å². The van der Waals surface area contributed by atoms with E-state index in [4.69, 9.17) is 0 Å². The molecular weight excluding hydrogens is 436 g/mol. The SMILES string of the molecule is CCn1cc(CN2CCN(C(=O)c3ccn(Cn4cc(Br)cn4)n3)CC2)c(C)n1. The van der Waals surface area contributed by atoms with Crippen molar-refractivity contribution >= 4 is 21.8 Å². The molecule has 29 heavy (non-hydrogen) atoms. The summed E-state index contributed by atoms with van der Waals surface area (Å²) in [5.41, 5.74) is 2.82. The Morgan fingerprint density at radius 3 is 2.55 bits per heavy atom. The van der Waals surface area contributed by atoms with Crippen LogP contribution in [0.4, 0.5) is 0 Å². The molecule has 0 spiro atoms. The van der Waals surface area contributed by atoms with E-state index in [1.54, 1.807) is 21.6 Å². The number of piperazine rings is 1. The van der Waals surface area contributed by atoms with Crippen LogP contribution in [0.15, 0.2) is 35.3 Å². The third-order valence-corrected chi connectivity index (χ3v) is 5.59. The van der Waals surface area contributed by atoms with Gasteiger partial charge in [-0.1, -0.05) is 0 Å². The van der Waals surface area contributed by atoms with Gasteiger partial charge in [-0.05, 0) is 35.8 Å². The van der Waals surface area contributed by atoms with E-state index in [0.29, 0.717) is 25.5 Å². The van der Waals surface area contributed by atoms with Crippen LogP contribution in [0.25, 0.3) is 0 Å². The largest absolute Gasteiger partial charge is 0.335 e. The summed E-state index contributed by atoms with van der Waals surface area (Å²) in [5.74, 6) is -0.0139. The van der Waals surface area contributed by atoms with Crippen molar-refractivity contribution in [1.29, 1.82) is 0 Å². The number of carbonyl (C=O) groups excluding carboxylic acids is 1. The zero-order valence-electron chi connectivity index (χ0n) is 16.7. The third kappa shape index (κ3) is 4.59. The van der Waals surface area contributed by atoms with E-state index in [1.807, 2.05) is 22.0 Å². The maximum absolute atomic E-state index is 12.8. The lowest BCUT2D eigenvalue weighted by molar-refractivity contribution is 0.0621. The number of aromatic nitrogens is 6. The van der Waals surface area contributed by atoms with Crippen LogP contribution in [0.5, 0.6) is 0 Å². The molecule has 4 heterocycles. The Kier molecular flexibility index (Phi) is 5.81. The second-order valence-corrected chi connectivity index (χ2v) is 8.16. The van der Waals surface area contributed by atoms with Gasteiger partial charge in [-0.3, -0.25) is 19.1 Å². The predicted molar refractivity (Wildman–Crippen MR) is 111 cm³/mol. The van der Waals surface area contributed by atoms with Crippen LogP contribution in [0.1, 0.15) is 28.7 Å². The lowest BCUT2D eigenvalue weighted by Gasteiger charge is -2.34. The first-order chi connectivity index (χ1) is 14.0. The smallest absolute Gasteiger partial charge is 0.274 e. The summed E-state index contributed by atoms with van der Waals surface area (Å²) in [6.45, 7) is 9.49. The molecule has 3 aromatic rings. The molecule has 0 N–H and O–H groups in total. The van der Waals surface area contributed by atoms with Gasteiger partial charge >= 0.3 is 0 Å². The Labute approximate surface area is 178 Å². The molecule has 0 atom stereocenters. The molecule has 1 amide bonds. The average Bonchev–Trinajstić information content (AvgIpc) is 3.43. The molecule has 9 nitrogen and oxygen atoms in total. The lowest BCUT2D eigenvalue weighted by Crippen LogP contribution is -2.48. The molecule has 0 bridgehead atoms. The number of nitrogens with zero attached hydrogens (tertiary/aromatic N) is 8. The van der Waals surface area contributed by atoms with Gasteiger partial charge in [0.25, 0.3) is 5.91 Å². The van der Waals surface area contributed by atoms with Gasteiger partial charge in [0.05, 0.1) is 16.4 Å². The molecule has 1 saturated heterocycles. The van der Waals surface area contributed by atoms with Gasteiger partial charge in [0.1, 0.15) is 12.4 Å². The first kappa shape index (κ1) is 19.8. The molecule has 0 aliphatic carbocycles. The highest BCUT2D eigenvalue weighted by atomic mass is 79.9. The van der Waals surface area contributed by atoms with Gasteiger partial charge in [0.2, 0.25) is 0 Å². The van der Waals surface area contributed by atoms with Gasteiger partial charge in [-0.25, -0.2) is 4.68 Å². The molecule has 10 heteroatoms. The fourth-order valence-electron chi connectivity index (χ4n) is 3.51. The summed E-state index contributed by atoms with van der Waals surface area (Å²) in [6.07, 6.45) is 7.53. The highest BCUT2D eigenvalue weighted by molar-refractivity contribution is 9.10. The van der Waals surface area contributed by atoms with E-state index in [-0.39, 0.29) is 5.91 Å². The molecule has 1 fully saturated rings. The standard InChI is InChI=1S/C19H25BrN8O/c1-3-26-12-16(15(2)22-26)11-24-6-8-25(9-7-24)19(29)18-4-5-27(23-18)14-28-13-17(20)10-21-28/h4-5,10,12-13H,3,6-9,11,14H2,1-2H3. The Hall–Kier alpha value is -2.46. The minimum Gasteiger partial charge on any atom is -0.335 e. The van der Waals surface area contributed by atoms with Crippen molar-refractivity contribution in [3.63, 3.8) is 0 Å². The molecule has 1 aliphatic heterocycles. The molecule has 0 saturated carbocycles. The van der Waals surface area contributed by atoms with Crippen molar-refractivity contribution in [3.05, 3.63) is 52.3 Å². The normalized spacial score (nSPS) is 15.2. The Morgan fingerprint density at radius 1 is 1.10 bits per heavy atom. The van der Waals surface area contributed by atoms with Crippen molar-refractivity contribution < 1.29 is 4.79 Å². The number of amides is 1. The summed E-state index contributed by atoms with van der Waals surface area (Å²) in [4.78, 5) is 17.1.